The summed E-state index contributed by atoms with van der Waals surface area (Å²) in [5.41, 5.74) is 7.81. The largest absolute Gasteiger partial charge is 0.383 e. The number of amides is 3. The van der Waals surface area contributed by atoms with E-state index >= 15 is 0 Å². The molecule has 9 heteroatoms. The number of benzene rings is 1. The van der Waals surface area contributed by atoms with Gasteiger partial charge in [-0.1, -0.05) is 0 Å². The van der Waals surface area contributed by atoms with Crippen molar-refractivity contribution in [1.82, 2.24) is 20.1 Å². The van der Waals surface area contributed by atoms with Gasteiger partial charge in [0.05, 0.1) is 23.1 Å². The smallest absolute Gasteiger partial charge is 0.329 e. The van der Waals surface area contributed by atoms with Gasteiger partial charge in [0.25, 0.3) is 5.91 Å². The molecule has 1 aliphatic carbocycles. The van der Waals surface area contributed by atoms with E-state index in [1.54, 1.807) is 19.2 Å². The average molecular weight is 392 g/mol. The lowest BCUT2D eigenvalue weighted by Crippen LogP contribution is -2.52. The maximum Gasteiger partial charge on any atom is 0.329 e. The zero-order valence-electron chi connectivity index (χ0n) is 16.1. The number of ketones is 1. The Bertz CT molecular complexity index is 1220. The van der Waals surface area contributed by atoms with Crippen molar-refractivity contribution in [1.29, 1.82) is 0 Å². The van der Waals surface area contributed by atoms with Crippen LogP contribution < -0.4 is 16.0 Å². The number of carbonyl (C=O) groups excluding carboxylic acids is 3. The maximum absolute atomic E-state index is 12.9. The van der Waals surface area contributed by atoms with Gasteiger partial charge in [-0.3, -0.25) is 14.3 Å². The second kappa shape index (κ2) is 5.69. The van der Waals surface area contributed by atoms with E-state index in [0.717, 1.165) is 17.4 Å². The van der Waals surface area contributed by atoms with Crippen molar-refractivity contribution in [3.63, 3.8) is 0 Å². The predicted octanol–water partition coefficient (Wildman–Crippen LogP) is 2.00. The Labute approximate surface area is 165 Å². The van der Waals surface area contributed by atoms with E-state index in [0.29, 0.717) is 35.3 Å². The van der Waals surface area contributed by atoms with Crippen LogP contribution in [-0.4, -0.2) is 38.0 Å². The molecule has 0 unspecified atom stereocenters. The number of aromatic nitrogens is 3. The molecule has 0 radical (unpaired) electrons. The second-order valence-electron chi connectivity index (χ2n) is 7.81. The van der Waals surface area contributed by atoms with Gasteiger partial charge in [0, 0.05) is 18.0 Å². The summed E-state index contributed by atoms with van der Waals surface area (Å²) < 4.78 is 1.44. The number of nitrogens with zero attached hydrogens (tertiary/aromatic N) is 3. The SMILES string of the molecule is Cc1cc2cc(C(=O)c3cnn(C)c3N)[nH]c2cc1N1C(=O)NC2(CCC2)C1=O. The minimum Gasteiger partial charge on any atom is -0.383 e. The summed E-state index contributed by atoms with van der Waals surface area (Å²) in [6, 6.07) is 4.93. The van der Waals surface area contributed by atoms with Crippen molar-refractivity contribution in [2.45, 2.75) is 31.7 Å². The van der Waals surface area contributed by atoms with Gasteiger partial charge in [0.15, 0.2) is 0 Å². The third-order valence-corrected chi connectivity index (χ3v) is 6.02. The minimum absolute atomic E-state index is 0.206. The molecule has 1 saturated carbocycles. The van der Waals surface area contributed by atoms with Crippen molar-refractivity contribution >= 4 is 40.1 Å². The first-order valence-electron chi connectivity index (χ1n) is 9.43. The molecular weight excluding hydrogens is 372 g/mol. The highest BCUT2D eigenvalue weighted by Gasteiger charge is 2.55. The zero-order chi connectivity index (χ0) is 20.5. The van der Waals surface area contributed by atoms with Crippen molar-refractivity contribution < 1.29 is 14.4 Å². The Morgan fingerprint density at radius 1 is 1.24 bits per heavy atom. The number of H-pyrrole nitrogens is 1. The summed E-state index contributed by atoms with van der Waals surface area (Å²) in [5.74, 6) is -0.188. The molecule has 3 aromatic rings. The number of aromatic amines is 1. The zero-order valence-corrected chi connectivity index (χ0v) is 16.1. The quantitative estimate of drug-likeness (QED) is 0.464. The predicted molar refractivity (Wildman–Crippen MR) is 107 cm³/mol. The second-order valence-corrected chi connectivity index (χ2v) is 7.81. The Kier molecular flexibility index (Phi) is 3.43. The van der Waals surface area contributed by atoms with Crippen LogP contribution in [0.5, 0.6) is 0 Å². The van der Waals surface area contributed by atoms with E-state index < -0.39 is 11.6 Å². The third-order valence-electron chi connectivity index (χ3n) is 6.02. The van der Waals surface area contributed by atoms with Crippen molar-refractivity contribution in [3.8, 4) is 0 Å². The molecule has 1 aliphatic heterocycles. The monoisotopic (exact) mass is 392 g/mol. The Morgan fingerprint density at radius 2 is 2.00 bits per heavy atom. The number of aryl methyl sites for hydroxylation is 2. The summed E-state index contributed by atoms with van der Waals surface area (Å²) in [6.07, 6.45) is 3.70. The number of nitrogens with one attached hydrogen (secondary N) is 2. The van der Waals surface area contributed by atoms with Gasteiger partial charge in [-0.25, -0.2) is 9.69 Å². The number of urea groups is 1. The van der Waals surface area contributed by atoms with Crippen LogP contribution in [0.4, 0.5) is 16.3 Å². The van der Waals surface area contributed by atoms with Gasteiger partial charge >= 0.3 is 6.03 Å². The Morgan fingerprint density at radius 3 is 2.59 bits per heavy atom. The molecule has 2 aliphatic rings. The molecule has 2 fully saturated rings. The van der Waals surface area contributed by atoms with E-state index in [2.05, 4.69) is 15.4 Å². The molecule has 1 spiro atoms. The first-order valence-corrected chi connectivity index (χ1v) is 9.43. The number of carbonyl (C=O) groups is 3. The highest BCUT2D eigenvalue weighted by Crippen LogP contribution is 2.40. The molecule has 0 bridgehead atoms. The number of nitrogen functional groups attached to an aromatic ring is 1. The van der Waals surface area contributed by atoms with E-state index in [1.165, 1.54) is 15.8 Å². The van der Waals surface area contributed by atoms with Crippen molar-refractivity contribution in [3.05, 3.63) is 41.2 Å². The Balaban J connectivity index is 1.55. The Hall–Kier alpha value is -3.62. The molecule has 148 valence electrons. The highest BCUT2D eigenvalue weighted by atomic mass is 16.2. The van der Waals surface area contributed by atoms with Gasteiger partial charge in [-0.2, -0.15) is 5.10 Å². The topological polar surface area (TPSA) is 126 Å². The summed E-state index contributed by atoms with van der Waals surface area (Å²) in [5, 5.41) is 7.66. The fraction of sp³-hybridized carbons (Fsp3) is 0.300. The highest BCUT2D eigenvalue weighted by molar-refractivity contribution is 6.24. The first-order chi connectivity index (χ1) is 13.8. The molecule has 0 atom stereocenters. The fourth-order valence-electron chi connectivity index (χ4n) is 4.12. The molecule has 3 amide bonds. The molecular formula is C20H20N6O3. The number of fused-ring (bicyclic) bond motifs is 1. The lowest BCUT2D eigenvalue weighted by atomic mass is 9.77. The van der Waals surface area contributed by atoms with Crippen LogP contribution in [-0.2, 0) is 11.8 Å². The van der Waals surface area contributed by atoms with Crippen LogP contribution in [0.25, 0.3) is 10.9 Å². The van der Waals surface area contributed by atoms with E-state index in [-0.39, 0.29) is 17.5 Å². The number of hydrogen-bond donors (Lipinski definition) is 3. The van der Waals surface area contributed by atoms with Crippen molar-refractivity contribution in [2.24, 2.45) is 7.05 Å². The number of rotatable bonds is 3. The van der Waals surface area contributed by atoms with Gasteiger partial charge in [0.2, 0.25) is 5.78 Å². The number of anilines is 2. The van der Waals surface area contributed by atoms with E-state index in [4.69, 9.17) is 5.73 Å². The summed E-state index contributed by atoms with van der Waals surface area (Å²) >= 11 is 0. The summed E-state index contributed by atoms with van der Waals surface area (Å²) in [7, 11) is 1.67. The van der Waals surface area contributed by atoms with Crippen LogP contribution >= 0.6 is 0 Å². The lowest BCUT2D eigenvalue weighted by molar-refractivity contribution is -0.124. The van der Waals surface area contributed by atoms with Gasteiger partial charge in [0.1, 0.15) is 11.4 Å². The molecule has 5 rings (SSSR count). The molecule has 4 N–H and O–H groups in total. The van der Waals surface area contributed by atoms with Gasteiger partial charge in [-0.15, -0.1) is 0 Å². The van der Waals surface area contributed by atoms with E-state index in [1.807, 2.05) is 13.0 Å². The molecule has 1 saturated heterocycles. The standard InChI is InChI=1S/C20H20N6O3/c1-10-6-11-7-14(16(27)12-9-22-25(2)17(12)21)23-13(11)8-15(10)26-18(28)20(4-3-5-20)24-19(26)29/h6-9,23H,3-5,21H2,1-2H3,(H,24,29). The van der Waals surface area contributed by atoms with Crippen LogP contribution in [0.1, 0.15) is 40.9 Å². The molecule has 2 aromatic heterocycles. The third kappa shape index (κ3) is 2.33. The number of imide groups is 1. The lowest BCUT2D eigenvalue weighted by Gasteiger charge is -2.34. The van der Waals surface area contributed by atoms with E-state index in [9.17, 15) is 14.4 Å². The van der Waals surface area contributed by atoms with Crippen LogP contribution in [0.2, 0.25) is 0 Å². The number of nitrogens with two attached hydrogens (primary N) is 1. The molecule has 29 heavy (non-hydrogen) atoms. The van der Waals surface area contributed by atoms with Gasteiger partial charge < -0.3 is 16.0 Å². The molecule has 3 heterocycles. The van der Waals surface area contributed by atoms with Crippen LogP contribution in [0, 0.1) is 6.92 Å². The normalized spacial score (nSPS) is 17.8. The maximum atomic E-state index is 12.9. The molecule has 1 aromatic carbocycles. The first kappa shape index (κ1) is 17.5. The van der Waals surface area contributed by atoms with Crippen LogP contribution in [0.3, 0.4) is 0 Å². The fourth-order valence-corrected chi connectivity index (χ4v) is 4.12. The number of hydrogen-bond acceptors (Lipinski definition) is 5. The average Bonchev–Trinajstić information content (AvgIpc) is 3.28. The van der Waals surface area contributed by atoms with Crippen molar-refractivity contribution in [2.75, 3.05) is 10.6 Å². The van der Waals surface area contributed by atoms with Crippen LogP contribution in [0.15, 0.2) is 24.4 Å². The molecule has 9 nitrogen and oxygen atoms in total. The summed E-state index contributed by atoms with van der Waals surface area (Å²) in [4.78, 5) is 42.6. The minimum atomic E-state index is -0.743. The van der Waals surface area contributed by atoms with Gasteiger partial charge in [-0.05, 0) is 49.9 Å². The summed E-state index contributed by atoms with van der Waals surface area (Å²) in [6.45, 7) is 1.84.